The van der Waals surface area contributed by atoms with E-state index >= 15 is 0 Å². The van der Waals surface area contributed by atoms with E-state index in [2.05, 4.69) is 15.0 Å². The highest BCUT2D eigenvalue weighted by Gasteiger charge is 2.03. The predicted octanol–water partition coefficient (Wildman–Crippen LogP) is 0.0237. The van der Waals surface area contributed by atoms with E-state index in [9.17, 15) is 9.90 Å². The van der Waals surface area contributed by atoms with Crippen molar-refractivity contribution in [3.63, 3.8) is 0 Å². The van der Waals surface area contributed by atoms with Crippen LogP contribution < -0.4 is 5.56 Å². The number of hydrogen-bond acceptors (Lipinski definition) is 4. The zero-order valence-electron chi connectivity index (χ0n) is 5.98. The van der Waals surface area contributed by atoms with E-state index in [-0.39, 0.29) is 16.7 Å². The Morgan fingerprint density at radius 3 is 3.00 bits per heavy atom. The van der Waals surface area contributed by atoms with Gasteiger partial charge in [0.2, 0.25) is 0 Å². The van der Waals surface area contributed by atoms with Crippen molar-refractivity contribution in [3.05, 3.63) is 29.1 Å². The van der Waals surface area contributed by atoms with Crippen molar-refractivity contribution in [2.45, 2.75) is 0 Å². The SMILES string of the molecule is O=c1[nH]cnc2cncc(O)c12. The zero-order chi connectivity index (χ0) is 8.55. The number of H-pyrrole nitrogens is 1. The van der Waals surface area contributed by atoms with Crippen LogP contribution in [0.3, 0.4) is 0 Å². The summed E-state index contributed by atoms with van der Waals surface area (Å²) in [6, 6.07) is 0. The average molecular weight is 163 g/mol. The maximum absolute atomic E-state index is 11.1. The summed E-state index contributed by atoms with van der Waals surface area (Å²) < 4.78 is 0. The molecule has 0 aliphatic carbocycles. The normalized spacial score (nSPS) is 10.3. The molecular weight excluding hydrogens is 158 g/mol. The number of rotatable bonds is 0. The summed E-state index contributed by atoms with van der Waals surface area (Å²) in [6.07, 6.45) is 3.90. The van der Waals surface area contributed by atoms with E-state index in [0.717, 1.165) is 0 Å². The molecule has 2 N–H and O–H groups in total. The third-order valence-electron chi connectivity index (χ3n) is 1.53. The molecule has 0 saturated carbocycles. The van der Waals surface area contributed by atoms with Gasteiger partial charge in [-0.05, 0) is 0 Å². The van der Waals surface area contributed by atoms with Crippen LogP contribution in [-0.4, -0.2) is 20.1 Å². The molecule has 12 heavy (non-hydrogen) atoms. The first-order chi connectivity index (χ1) is 5.79. The van der Waals surface area contributed by atoms with Gasteiger partial charge in [0, 0.05) is 0 Å². The molecule has 2 aromatic heterocycles. The molecule has 60 valence electrons. The summed E-state index contributed by atoms with van der Waals surface area (Å²) in [4.78, 5) is 21.0. The number of pyridine rings is 1. The lowest BCUT2D eigenvalue weighted by atomic mass is 10.3. The lowest BCUT2D eigenvalue weighted by Gasteiger charge is -1.95. The first-order valence-electron chi connectivity index (χ1n) is 3.29. The molecule has 0 aromatic carbocycles. The first-order valence-corrected chi connectivity index (χ1v) is 3.29. The van der Waals surface area contributed by atoms with Gasteiger partial charge in [-0.25, -0.2) is 4.98 Å². The fourth-order valence-corrected chi connectivity index (χ4v) is 1.00. The Morgan fingerprint density at radius 1 is 1.42 bits per heavy atom. The highest BCUT2D eigenvalue weighted by Crippen LogP contribution is 2.15. The van der Waals surface area contributed by atoms with Crippen LogP contribution in [0.1, 0.15) is 0 Å². The second-order valence-electron chi connectivity index (χ2n) is 2.28. The summed E-state index contributed by atoms with van der Waals surface area (Å²) >= 11 is 0. The standard InChI is InChI=1S/C7H5N3O2/c11-5-2-8-1-4-6(5)7(12)10-3-9-4/h1-3,11H,(H,9,10,12). The number of aromatic amines is 1. The van der Waals surface area contributed by atoms with E-state index in [0.29, 0.717) is 5.52 Å². The van der Waals surface area contributed by atoms with Gasteiger partial charge in [-0.1, -0.05) is 0 Å². The quantitative estimate of drug-likeness (QED) is 0.574. The van der Waals surface area contributed by atoms with Crippen molar-refractivity contribution in [1.29, 1.82) is 0 Å². The van der Waals surface area contributed by atoms with Gasteiger partial charge in [0.25, 0.3) is 5.56 Å². The van der Waals surface area contributed by atoms with Crippen LogP contribution >= 0.6 is 0 Å². The Morgan fingerprint density at radius 2 is 2.25 bits per heavy atom. The number of aromatic hydroxyl groups is 1. The molecule has 0 atom stereocenters. The topological polar surface area (TPSA) is 78.9 Å². The largest absolute Gasteiger partial charge is 0.505 e. The summed E-state index contributed by atoms with van der Waals surface area (Å²) in [6.45, 7) is 0. The van der Waals surface area contributed by atoms with Crippen LogP contribution in [0.2, 0.25) is 0 Å². The molecule has 0 bridgehead atoms. The molecule has 0 aliphatic rings. The fraction of sp³-hybridized carbons (Fsp3) is 0. The predicted molar refractivity (Wildman–Crippen MR) is 41.8 cm³/mol. The number of nitrogens with zero attached hydrogens (tertiary/aromatic N) is 2. The number of aromatic nitrogens is 3. The molecule has 0 fully saturated rings. The van der Waals surface area contributed by atoms with Gasteiger partial charge in [-0.15, -0.1) is 0 Å². The lowest BCUT2D eigenvalue weighted by Crippen LogP contribution is -2.06. The molecule has 5 nitrogen and oxygen atoms in total. The van der Waals surface area contributed by atoms with E-state index in [1.807, 2.05) is 0 Å². The minimum absolute atomic E-state index is 0.151. The Hall–Kier alpha value is -1.91. The highest BCUT2D eigenvalue weighted by molar-refractivity contribution is 5.82. The van der Waals surface area contributed by atoms with Gasteiger partial charge in [0.05, 0.1) is 24.2 Å². The number of nitrogens with one attached hydrogen (secondary N) is 1. The molecular formula is C7H5N3O2. The van der Waals surface area contributed by atoms with Gasteiger partial charge in [-0.3, -0.25) is 9.78 Å². The molecule has 0 unspecified atom stereocenters. The van der Waals surface area contributed by atoms with E-state index < -0.39 is 0 Å². The van der Waals surface area contributed by atoms with Crippen LogP contribution in [0.25, 0.3) is 10.9 Å². The van der Waals surface area contributed by atoms with Crippen LogP contribution in [0.5, 0.6) is 5.75 Å². The molecule has 2 heterocycles. The van der Waals surface area contributed by atoms with Crippen LogP contribution in [0, 0.1) is 0 Å². The summed E-state index contributed by atoms with van der Waals surface area (Å²) in [5, 5.41) is 9.40. The van der Waals surface area contributed by atoms with Gasteiger partial charge in [0.1, 0.15) is 11.1 Å². The Kier molecular flexibility index (Phi) is 1.30. The van der Waals surface area contributed by atoms with Crippen molar-refractivity contribution in [3.8, 4) is 5.75 Å². The summed E-state index contributed by atoms with van der Waals surface area (Å²) in [5.74, 6) is -0.151. The molecule has 0 spiro atoms. The van der Waals surface area contributed by atoms with Crippen molar-refractivity contribution in [2.24, 2.45) is 0 Å². The zero-order valence-corrected chi connectivity index (χ0v) is 5.98. The Labute approximate surface area is 66.7 Å². The van der Waals surface area contributed by atoms with E-state index in [1.54, 1.807) is 0 Å². The summed E-state index contributed by atoms with van der Waals surface area (Å²) in [5.41, 5.74) is 0.0265. The minimum atomic E-state index is -0.361. The van der Waals surface area contributed by atoms with Crippen LogP contribution in [-0.2, 0) is 0 Å². The number of fused-ring (bicyclic) bond motifs is 1. The van der Waals surface area contributed by atoms with Crippen LogP contribution in [0.4, 0.5) is 0 Å². The van der Waals surface area contributed by atoms with Gasteiger partial charge in [-0.2, -0.15) is 0 Å². The third kappa shape index (κ3) is 0.833. The van der Waals surface area contributed by atoms with Crippen molar-refractivity contribution >= 4 is 10.9 Å². The fourth-order valence-electron chi connectivity index (χ4n) is 1.00. The lowest BCUT2D eigenvalue weighted by molar-refractivity contribution is 0.478. The van der Waals surface area contributed by atoms with Gasteiger partial charge < -0.3 is 10.1 Å². The van der Waals surface area contributed by atoms with Crippen molar-refractivity contribution in [2.75, 3.05) is 0 Å². The van der Waals surface area contributed by atoms with Gasteiger partial charge >= 0.3 is 0 Å². The Bertz CT molecular complexity index is 472. The van der Waals surface area contributed by atoms with Gasteiger partial charge in [0.15, 0.2) is 0 Å². The monoisotopic (exact) mass is 163 g/mol. The molecule has 0 aliphatic heterocycles. The molecule has 5 heteroatoms. The minimum Gasteiger partial charge on any atom is -0.505 e. The van der Waals surface area contributed by atoms with E-state index in [4.69, 9.17) is 0 Å². The Balaban J connectivity index is 3.07. The number of hydrogen-bond donors (Lipinski definition) is 2. The average Bonchev–Trinajstić information content (AvgIpc) is 2.04. The molecule has 0 amide bonds. The van der Waals surface area contributed by atoms with Crippen molar-refractivity contribution < 1.29 is 5.11 Å². The molecule has 0 radical (unpaired) electrons. The first kappa shape index (κ1) is 6.78. The second kappa shape index (κ2) is 2.30. The molecule has 2 aromatic rings. The van der Waals surface area contributed by atoms with Crippen LogP contribution in [0.15, 0.2) is 23.5 Å². The smallest absolute Gasteiger partial charge is 0.262 e. The second-order valence-corrected chi connectivity index (χ2v) is 2.28. The van der Waals surface area contributed by atoms with E-state index in [1.165, 1.54) is 18.7 Å². The third-order valence-corrected chi connectivity index (χ3v) is 1.53. The molecule has 2 rings (SSSR count). The maximum Gasteiger partial charge on any atom is 0.262 e. The molecule has 0 saturated heterocycles. The maximum atomic E-state index is 11.1. The highest BCUT2D eigenvalue weighted by atomic mass is 16.3. The van der Waals surface area contributed by atoms with Crippen molar-refractivity contribution in [1.82, 2.24) is 15.0 Å². The summed E-state index contributed by atoms with van der Waals surface area (Å²) in [7, 11) is 0.